The van der Waals surface area contributed by atoms with Gasteiger partial charge in [0.05, 0.1) is 15.0 Å². The van der Waals surface area contributed by atoms with Crippen LogP contribution in [-0.2, 0) is 10.0 Å². The summed E-state index contributed by atoms with van der Waals surface area (Å²) in [6, 6.07) is 3.01. The number of carbonyl (C=O) groups excluding carboxylic acids is 2. The molecule has 11 heteroatoms. The first-order valence-electron chi connectivity index (χ1n) is 10.2. The molecule has 8 nitrogen and oxygen atoms in total. The lowest BCUT2D eigenvalue weighted by Crippen LogP contribution is -2.43. The second-order valence-corrected chi connectivity index (χ2v) is 11.3. The first-order valence-corrected chi connectivity index (χ1v) is 13.1. The van der Waals surface area contributed by atoms with Crippen LogP contribution in [0.4, 0.5) is 4.79 Å². The molecule has 0 radical (unpaired) electrons. The fourth-order valence-corrected chi connectivity index (χ4v) is 5.19. The molecular weight excluding hydrogens is 448 g/mol. The standard InChI is InChI=1S/C19H31ClN4O4S2/c1-14(2)24-11-7-15(8-12-24)4-3-9-22-19(26)23-30(27,28)13-10-21-18(25)16-5-6-17(20)29-16/h5-6,14-15H,3-4,7-13H2,1-2H3,(H,21,25)(H2,22,23,26). The zero-order chi connectivity index (χ0) is 22.1. The highest BCUT2D eigenvalue weighted by Gasteiger charge is 2.20. The first kappa shape index (κ1) is 24.9. The number of nitrogens with one attached hydrogen (secondary N) is 3. The van der Waals surface area contributed by atoms with E-state index in [0.717, 1.165) is 37.3 Å². The van der Waals surface area contributed by atoms with Crippen LogP contribution in [0, 0.1) is 5.92 Å². The average Bonchev–Trinajstić information content (AvgIpc) is 3.11. The summed E-state index contributed by atoms with van der Waals surface area (Å²) in [5.41, 5.74) is 0. The smallest absolute Gasteiger partial charge is 0.328 e. The van der Waals surface area contributed by atoms with Gasteiger partial charge < -0.3 is 15.5 Å². The van der Waals surface area contributed by atoms with Gasteiger partial charge in [-0.05, 0) is 70.7 Å². The Balaban J connectivity index is 1.57. The van der Waals surface area contributed by atoms with E-state index in [-0.39, 0.29) is 12.3 Å². The molecule has 1 aliphatic rings. The number of halogens is 1. The highest BCUT2D eigenvalue weighted by atomic mass is 35.5. The zero-order valence-corrected chi connectivity index (χ0v) is 19.8. The van der Waals surface area contributed by atoms with Crippen LogP contribution in [0.15, 0.2) is 12.1 Å². The Bertz CT molecular complexity index is 805. The molecular formula is C19H31ClN4O4S2. The van der Waals surface area contributed by atoms with Gasteiger partial charge in [0.1, 0.15) is 0 Å². The predicted octanol–water partition coefficient (Wildman–Crippen LogP) is 2.66. The molecule has 1 aromatic heterocycles. The third-order valence-electron chi connectivity index (χ3n) is 5.16. The summed E-state index contributed by atoms with van der Waals surface area (Å²) in [5.74, 6) is -0.124. The molecule has 2 rings (SSSR count). The number of likely N-dealkylation sites (tertiary alicyclic amines) is 1. The Hall–Kier alpha value is -1.36. The maximum atomic E-state index is 12.0. The minimum absolute atomic E-state index is 0.105. The monoisotopic (exact) mass is 478 g/mol. The lowest BCUT2D eigenvalue weighted by atomic mass is 9.91. The quantitative estimate of drug-likeness (QED) is 0.448. The molecule has 0 aromatic carbocycles. The lowest BCUT2D eigenvalue weighted by Gasteiger charge is -2.34. The molecule has 0 aliphatic carbocycles. The second-order valence-electron chi connectivity index (χ2n) is 7.75. The van der Waals surface area contributed by atoms with Crippen molar-refractivity contribution in [1.82, 2.24) is 20.3 Å². The molecule has 30 heavy (non-hydrogen) atoms. The van der Waals surface area contributed by atoms with Crippen molar-refractivity contribution in [2.45, 2.75) is 45.6 Å². The van der Waals surface area contributed by atoms with E-state index >= 15 is 0 Å². The number of nitrogens with zero attached hydrogens (tertiary/aromatic N) is 1. The Morgan fingerprint density at radius 1 is 1.20 bits per heavy atom. The van der Waals surface area contributed by atoms with Gasteiger partial charge >= 0.3 is 6.03 Å². The van der Waals surface area contributed by atoms with E-state index in [0.29, 0.717) is 27.7 Å². The van der Waals surface area contributed by atoms with Gasteiger partial charge in [-0.1, -0.05) is 11.6 Å². The second kappa shape index (κ2) is 11.9. The van der Waals surface area contributed by atoms with Crippen LogP contribution in [0.25, 0.3) is 0 Å². The van der Waals surface area contributed by atoms with E-state index in [1.54, 1.807) is 12.1 Å². The normalized spacial score (nSPS) is 15.9. The van der Waals surface area contributed by atoms with Crippen LogP contribution in [0.1, 0.15) is 49.2 Å². The molecule has 3 amide bonds. The molecule has 1 aliphatic heterocycles. The molecule has 1 aromatic rings. The van der Waals surface area contributed by atoms with Crippen molar-refractivity contribution >= 4 is 44.9 Å². The van der Waals surface area contributed by atoms with Crippen LogP contribution in [0.2, 0.25) is 4.34 Å². The van der Waals surface area contributed by atoms with Gasteiger partial charge in [0, 0.05) is 19.1 Å². The van der Waals surface area contributed by atoms with E-state index < -0.39 is 22.0 Å². The number of piperidine rings is 1. The highest BCUT2D eigenvalue weighted by molar-refractivity contribution is 7.90. The lowest BCUT2D eigenvalue weighted by molar-refractivity contribution is 0.0960. The highest BCUT2D eigenvalue weighted by Crippen LogP contribution is 2.23. The van der Waals surface area contributed by atoms with E-state index in [9.17, 15) is 18.0 Å². The molecule has 2 heterocycles. The third-order valence-corrected chi connectivity index (χ3v) is 7.62. The molecule has 3 N–H and O–H groups in total. The summed E-state index contributed by atoms with van der Waals surface area (Å²) in [7, 11) is -3.83. The van der Waals surface area contributed by atoms with Crippen molar-refractivity contribution in [3.63, 3.8) is 0 Å². The molecule has 0 unspecified atom stereocenters. The van der Waals surface area contributed by atoms with Crippen LogP contribution >= 0.6 is 22.9 Å². The minimum Gasteiger partial charge on any atom is -0.350 e. The number of hydrogen-bond acceptors (Lipinski definition) is 6. The van der Waals surface area contributed by atoms with Crippen molar-refractivity contribution < 1.29 is 18.0 Å². The molecule has 0 bridgehead atoms. The van der Waals surface area contributed by atoms with Gasteiger partial charge in [-0.2, -0.15) is 0 Å². The van der Waals surface area contributed by atoms with Gasteiger partial charge in [0.15, 0.2) is 0 Å². The summed E-state index contributed by atoms with van der Waals surface area (Å²) in [6.45, 7) is 6.98. The summed E-state index contributed by atoms with van der Waals surface area (Å²) in [5, 5.41) is 5.09. The molecule has 0 atom stereocenters. The Morgan fingerprint density at radius 2 is 1.90 bits per heavy atom. The van der Waals surface area contributed by atoms with Crippen LogP contribution in [0.5, 0.6) is 0 Å². The fourth-order valence-electron chi connectivity index (χ4n) is 3.40. The molecule has 1 fully saturated rings. The number of hydrogen-bond donors (Lipinski definition) is 3. The van der Waals surface area contributed by atoms with Crippen molar-refractivity contribution in [3.05, 3.63) is 21.3 Å². The summed E-state index contributed by atoms with van der Waals surface area (Å²) >= 11 is 6.88. The van der Waals surface area contributed by atoms with E-state index in [1.165, 1.54) is 12.8 Å². The molecule has 0 spiro atoms. The number of rotatable bonds is 10. The Labute approximate surface area is 187 Å². The third kappa shape index (κ3) is 8.79. The van der Waals surface area contributed by atoms with Crippen molar-refractivity contribution in [3.8, 4) is 0 Å². The molecule has 0 saturated carbocycles. The van der Waals surface area contributed by atoms with Gasteiger partial charge in [-0.15, -0.1) is 11.3 Å². The van der Waals surface area contributed by atoms with Gasteiger partial charge in [0.2, 0.25) is 10.0 Å². The zero-order valence-electron chi connectivity index (χ0n) is 17.4. The van der Waals surface area contributed by atoms with E-state index in [4.69, 9.17) is 11.6 Å². The number of urea groups is 1. The maximum absolute atomic E-state index is 12.0. The first-order chi connectivity index (χ1) is 14.2. The fraction of sp³-hybridized carbons (Fsp3) is 0.684. The van der Waals surface area contributed by atoms with Crippen LogP contribution in [0.3, 0.4) is 0 Å². The number of amides is 3. The van der Waals surface area contributed by atoms with Crippen LogP contribution in [-0.4, -0.2) is 63.2 Å². The van der Waals surface area contributed by atoms with Gasteiger partial charge in [-0.3, -0.25) is 4.79 Å². The van der Waals surface area contributed by atoms with Gasteiger partial charge in [-0.25, -0.2) is 17.9 Å². The van der Waals surface area contributed by atoms with Gasteiger partial charge in [0.25, 0.3) is 5.91 Å². The van der Waals surface area contributed by atoms with E-state index in [2.05, 4.69) is 29.4 Å². The van der Waals surface area contributed by atoms with Crippen molar-refractivity contribution in [2.75, 3.05) is 31.9 Å². The number of carbonyl (C=O) groups is 2. The van der Waals surface area contributed by atoms with Crippen molar-refractivity contribution in [2.24, 2.45) is 5.92 Å². The molecule has 1 saturated heterocycles. The molecule has 170 valence electrons. The number of sulfonamides is 1. The average molecular weight is 479 g/mol. The topological polar surface area (TPSA) is 108 Å². The van der Waals surface area contributed by atoms with E-state index in [1.807, 2.05) is 4.72 Å². The predicted molar refractivity (Wildman–Crippen MR) is 121 cm³/mol. The Morgan fingerprint density at radius 3 is 2.50 bits per heavy atom. The SMILES string of the molecule is CC(C)N1CCC(CCCNC(=O)NS(=O)(=O)CCNC(=O)c2ccc(Cl)s2)CC1. The summed E-state index contributed by atoms with van der Waals surface area (Å²) in [6.07, 6.45) is 4.18. The van der Waals surface area contributed by atoms with Crippen LogP contribution < -0.4 is 15.4 Å². The maximum Gasteiger partial charge on any atom is 0.328 e. The summed E-state index contributed by atoms with van der Waals surface area (Å²) in [4.78, 5) is 26.6. The van der Waals surface area contributed by atoms with Crippen molar-refractivity contribution in [1.29, 1.82) is 0 Å². The Kier molecular flexibility index (Phi) is 9.86. The summed E-state index contributed by atoms with van der Waals surface area (Å²) < 4.78 is 26.4. The number of thiophene rings is 1. The largest absolute Gasteiger partial charge is 0.350 e. The minimum atomic E-state index is -3.83.